The molecule has 0 aliphatic rings. The van der Waals surface area contributed by atoms with Crippen LogP contribution in [0.4, 0.5) is 0 Å². The van der Waals surface area contributed by atoms with E-state index >= 15 is 0 Å². The van der Waals surface area contributed by atoms with Crippen LogP contribution in [0.2, 0.25) is 0 Å². The fourth-order valence-electron chi connectivity index (χ4n) is 2.55. The van der Waals surface area contributed by atoms with Crippen LogP contribution in [-0.4, -0.2) is 24.5 Å². The van der Waals surface area contributed by atoms with Crippen LogP contribution in [0.1, 0.15) is 31.6 Å². The molecule has 2 rings (SSSR count). The maximum absolute atomic E-state index is 6.09. The lowest BCUT2D eigenvalue weighted by atomic mass is 10.1. The summed E-state index contributed by atoms with van der Waals surface area (Å²) < 4.78 is 6.09. The smallest absolute Gasteiger partial charge is 0.134 e. The van der Waals surface area contributed by atoms with E-state index in [9.17, 15) is 0 Å². The van der Waals surface area contributed by atoms with Gasteiger partial charge in [0.25, 0.3) is 0 Å². The lowest BCUT2D eigenvalue weighted by molar-refractivity contribution is 0.283. The van der Waals surface area contributed by atoms with E-state index in [2.05, 4.69) is 42.8 Å². The molecule has 1 aromatic carbocycles. The molecule has 0 aliphatic heterocycles. The molecule has 114 valence electrons. The van der Waals surface area contributed by atoms with E-state index in [0.717, 1.165) is 50.5 Å². The van der Waals surface area contributed by atoms with Gasteiger partial charge in [-0.15, -0.1) is 6.58 Å². The highest BCUT2D eigenvalue weighted by atomic mass is 16.3. The molecule has 2 aromatic rings. The van der Waals surface area contributed by atoms with Crippen molar-refractivity contribution in [2.45, 2.75) is 33.4 Å². The zero-order valence-electron chi connectivity index (χ0n) is 13.2. The Kier molecular flexibility index (Phi) is 6.03. The maximum Gasteiger partial charge on any atom is 0.134 e. The van der Waals surface area contributed by atoms with Gasteiger partial charge >= 0.3 is 0 Å². The largest absolute Gasteiger partial charge is 0.459 e. The number of hydrogen-bond donors (Lipinski definition) is 1. The molecule has 0 amide bonds. The third-order valence-corrected chi connectivity index (χ3v) is 3.71. The van der Waals surface area contributed by atoms with Gasteiger partial charge in [-0.3, -0.25) is 4.90 Å². The first-order valence-corrected chi connectivity index (χ1v) is 7.83. The van der Waals surface area contributed by atoms with Crippen molar-refractivity contribution >= 4 is 11.0 Å². The van der Waals surface area contributed by atoms with Gasteiger partial charge in [0.2, 0.25) is 0 Å². The zero-order chi connectivity index (χ0) is 15.1. The van der Waals surface area contributed by atoms with Crippen molar-refractivity contribution in [2.24, 2.45) is 0 Å². The second-order valence-corrected chi connectivity index (χ2v) is 5.29. The first-order chi connectivity index (χ1) is 10.3. The second kappa shape index (κ2) is 8.01. The van der Waals surface area contributed by atoms with Crippen LogP contribution in [0.15, 0.2) is 41.3 Å². The molecule has 3 nitrogen and oxygen atoms in total. The lowest BCUT2D eigenvalue weighted by Crippen LogP contribution is -2.23. The van der Waals surface area contributed by atoms with Crippen LogP contribution in [0, 0.1) is 0 Å². The summed E-state index contributed by atoms with van der Waals surface area (Å²) in [6, 6.07) is 8.30. The number of fused-ring (bicyclic) bond motifs is 1. The number of nitrogens with zero attached hydrogens (tertiary/aromatic N) is 1. The van der Waals surface area contributed by atoms with Gasteiger partial charge in [0.1, 0.15) is 11.3 Å². The molecule has 0 radical (unpaired) electrons. The molecular formula is C18H26N2O. The van der Waals surface area contributed by atoms with E-state index in [-0.39, 0.29) is 0 Å². The molecular weight excluding hydrogens is 260 g/mol. The van der Waals surface area contributed by atoms with Crippen molar-refractivity contribution < 1.29 is 4.42 Å². The molecule has 0 fully saturated rings. The second-order valence-electron chi connectivity index (χ2n) is 5.29. The molecule has 0 atom stereocenters. The highest BCUT2D eigenvalue weighted by Crippen LogP contribution is 2.26. The predicted octanol–water partition coefficient (Wildman–Crippen LogP) is 3.94. The number of furan rings is 1. The number of likely N-dealkylation sites (N-methyl/N-ethyl adjacent to an activating group) is 1. The summed E-state index contributed by atoms with van der Waals surface area (Å²) in [7, 11) is 0. The van der Waals surface area contributed by atoms with Crippen LogP contribution in [0.3, 0.4) is 0 Å². The van der Waals surface area contributed by atoms with Crippen LogP contribution >= 0.6 is 0 Å². The van der Waals surface area contributed by atoms with Gasteiger partial charge in [0, 0.05) is 24.0 Å². The fourth-order valence-corrected chi connectivity index (χ4v) is 2.55. The van der Waals surface area contributed by atoms with Gasteiger partial charge in [-0.05, 0) is 25.6 Å². The summed E-state index contributed by atoms with van der Waals surface area (Å²) in [5.74, 6) is 1.07. The van der Waals surface area contributed by atoms with E-state index in [1.54, 1.807) is 0 Å². The summed E-state index contributed by atoms with van der Waals surface area (Å²) in [6.07, 6.45) is 3.09. The van der Waals surface area contributed by atoms with Crippen molar-refractivity contribution in [2.75, 3.05) is 19.6 Å². The Morgan fingerprint density at radius 3 is 2.81 bits per heavy atom. The average Bonchev–Trinajstić information content (AvgIpc) is 2.85. The summed E-state index contributed by atoms with van der Waals surface area (Å²) in [6.45, 7) is 12.8. The van der Waals surface area contributed by atoms with Crippen LogP contribution in [0.5, 0.6) is 0 Å². The van der Waals surface area contributed by atoms with Crippen molar-refractivity contribution in [3.8, 4) is 0 Å². The number of rotatable bonds is 9. The first kappa shape index (κ1) is 15.8. The summed E-state index contributed by atoms with van der Waals surface area (Å²) in [5.41, 5.74) is 2.28. The van der Waals surface area contributed by atoms with Crippen molar-refractivity contribution in [3.05, 3.63) is 48.2 Å². The number of hydrogen-bond acceptors (Lipinski definition) is 3. The highest BCUT2D eigenvalue weighted by molar-refractivity contribution is 5.82. The quantitative estimate of drug-likeness (QED) is 0.559. The molecule has 0 aliphatic carbocycles. The minimum Gasteiger partial charge on any atom is -0.459 e. The Labute approximate surface area is 127 Å². The normalized spacial score (nSPS) is 11.4. The van der Waals surface area contributed by atoms with Crippen molar-refractivity contribution in [3.63, 3.8) is 0 Å². The molecule has 0 saturated carbocycles. The Bertz CT molecular complexity index is 574. The standard InChI is InChI=1S/C18H26N2O/c1-4-11-19-13-16-15-9-7-8-10-17(15)21-18(16)14-20(6-3)12-5-2/h5,7-10,19H,2,4,6,11-14H2,1,3H3. The van der Waals surface area contributed by atoms with Gasteiger partial charge in [0.05, 0.1) is 6.54 Å². The minimum atomic E-state index is 0.834. The minimum absolute atomic E-state index is 0.834. The van der Waals surface area contributed by atoms with E-state index in [4.69, 9.17) is 4.42 Å². The van der Waals surface area contributed by atoms with Gasteiger partial charge in [-0.2, -0.15) is 0 Å². The third-order valence-electron chi connectivity index (χ3n) is 3.71. The zero-order valence-corrected chi connectivity index (χ0v) is 13.2. The highest BCUT2D eigenvalue weighted by Gasteiger charge is 2.15. The van der Waals surface area contributed by atoms with E-state index < -0.39 is 0 Å². The van der Waals surface area contributed by atoms with Crippen LogP contribution < -0.4 is 5.32 Å². The third kappa shape index (κ3) is 3.96. The van der Waals surface area contributed by atoms with Crippen molar-refractivity contribution in [1.82, 2.24) is 10.2 Å². The summed E-state index contributed by atoms with van der Waals surface area (Å²) in [5, 5.41) is 4.72. The molecule has 1 aromatic heterocycles. The predicted molar refractivity (Wildman–Crippen MR) is 89.4 cm³/mol. The number of nitrogens with one attached hydrogen (secondary N) is 1. The molecule has 0 saturated heterocycles. The Morgan fingerprint density at radius 2 is 2.10 bits per heavy atom. The lowest BCUT2D eigenvalue weighted by Gasteiger charge is -2.17. The summed E-state index contributed by atoms with van der Waals surface area (Å²) >= 11 is 0. The van der Waals surface area contributed by atoms with Gasteiger partial charge < -0.3 is 9.73 Å². The maximum atomic E-state index is 6.09. The number of benzene rings is 1. The molecule has 1 N–H and O–H groups in total. The number of para-hydroxylation sites is 1. The van der Waals surface area contributed by atoms with Crippen LogP contribution in [0.25, 0.3) is 11.0 Å². The topological polar surface area (TPSA) is 28.4 Å². The Balaban J connectivity index is 2.27. The molecule has 3 heteroatoms. The van der Waals surface area contributed by atoms with Gasteiger partial charge in [0.15, 0.2) is 0 Å². The van der Waals surface area contributed by atoms with Gasteiger partial charge in [-0.1, -0.05) is 38.1 Å². The first-order valence-electron chi connectivity index (χ1n) is 7.83. The van der Waals surface area contributed by atoms with E-state index in [1.165, 1.54) is 10.9 Å². The molecule has 1 heterocycles. The molecule has 0 bridgehead atoms. The summed E-state index contributed by atoms with van der Waals surface area (Å²) in [4.78, 5) is 2.33. The van der Waals surface area contributed by atoms with E-state index in [0.29, 0.717) is 0 Å². The van der Waals surface area contributed by atoms with Crippen LogP contribution in [-0.2, 0) is 13.1 Å². The van der Waals surface area contributed by atoms with Gasteiger partial charge in [-0.25, -0.2) is 0 Å². The Hall–Kier alpha value is -1.58. The molecule has 0 spiro atoms. The van der Waals surface area contributed by atoms with E-state index in [1.807, 2.05) is 18.2 Å². The monoisotopic (exact) mass is 286 g/mol. The fraction of sp³-hybridized carbons (Fsp3) is 0.444. The molecule has 0 unspecified atom stereocenters. The average molecular weight is 286 g/mol. The SMILES string of the molecule is C=CCN(CC)Cc1oc2ccccc2c1CNCCC. The molecule has 21 heavy (non-hydrogen) atoms. The van der Waals surface area contributed by atoms with Crippen molar-refractivity contribution in [1.29, 1.82) is 0 Å². The Morgan fingerprint density at radius 1 is 1.29 bits per heavy atom.